The number of halogens is 1. The zero-order valence-electron chi connectivity index (χ0n) is 14.9. The number of methoxy groups -OCH3 is 1. The summed E-state index contributed by atoms with van der Waals surface area (Å²) in [5, 5.41) is 0.999. The molecule has 1 heterocycles. The predicted molar refractivity (Wildman–Crippen MR) is 107 cm³/mol. The van der Waals surface area contributed by atoms with E-state index in [-0.39, 0.29) is 0 Å². The summed E-state index contributed by atoms with van der Waals surface area (Å²) in [6, 6.07) is 8.68. The fourth-order valence-corrected chi connectivity index (χ4v) is 3.50. The van der Waals surface area contributed by atoms with Gasteiger partial charge in [0.25, 0.3) is 0 Å². The molecule has 0 saturated carbocycles. The molecule has 1 atom stereocenters. The lowest BCUT2D eigenvalue weighted by molar-refractivity contribution is 0.0596. The van der Waals surface area contributed by atoms with E-state index in [2.05, 4.69) is 9.38 Å². The molecule has 1 unspecified atom stereocenters. The third-order valence-electron chi connectivity index (χ3n) is 3.16. The van der Waals surface area contributed by atoms with Gasteiger partial charge in [-0.25, -0.2) is 9.78 Å². The number of rotatable bonds is 5. The molecule has 5 nitrogen and oxygen atoms in total. The summed E-state index contributed by atoms with van der Waals surface area (Å²) >= 11 is 6.29. The molecule has 26 heavy (non-hydrogen) atoms. The van der Waals surface area contributed by atoms with Gasteiger partial charge in [0.2, 0.25) is 0 Å². The number of carbonyl (C=O) groups excluding carboxylic acids is 1. The average molecular weight is 411 g/mol. The fourth-order valence-electron chi connectivity index (χ4n) is 1.79. The Kier molecular flexibility index (Phi) is 7.11. The van der Waals surface area contributed by atoms with Crippen molar-refractivity contribution in [3.8, 4) is 0 Å². The molecule has 0 amide bonds. The average Bonchev–Trinajstić information content (AvgIpc) is 2.60. The quantitative estimate of drug-likeness (QED) is 0.410. The van der Waals surface area contributed by atoms with Crippen molar-refractivity contribution in [1.29, 1.82) is 0 Å². The van der Waals surface area contributed by atoms with Crippen molar-refractivity contribution < 1.29 is 14.1 Å². The van der Waals surface area contributed by atoms with E-state index < -0.39 is 22.1 Å². The van der Waals surface area contributed by atoms with Crippen molar-refractivity contribution >= 4 is 46.9 Å². The van der Waals surface area contributed by atoms with E-state index in [4.69, 9.17) is 16.3 Å². The SMILES string of the molecule is COC(=O)c1cccnc1Sc1ccc(/C=N\[S+]([O-])C(C)(C)C)cc1Cl. The molecule has 1 aromatic carbocycles. The smallest absolute Gasteiger partial charge is 0.340 e. The highest BCUT2D eigenvalue weighted by atomic mass is 35.5. The van der Waals surface area contributed by atoms with Gasteiger partial charge < -0.3 is 9.29 Å². The monoisotopic (exact) mass is 410 g/mol. The van der Waals surface area contributed by atoms with Gasteiger partial charge in [0, 0.05) is 11.1 Å². The largest absolute Gasteiger partial charge is 0.591 e. The maximum absolute atomic E-state index is 12.0. The second kappa shape index (κ2) is 8.90. The van der Waals surface area contributed by atoms with Crippen LogP contribution in [-0.4, -0.2) is 33.6 Å². The van der Waals surface area contributed by atoms with Gasteiger partial charge in [-0.2, -0.15) is 0 Å². The Labute approximate surface area is 165 Å². The van der Waals surface area contributed by atoms with Gasteiger partial charge in [0.05, 0.1) is 23.9 Å². The van der Waals surface area contributed by atoms with Gasteiger partial charge in [-0.1, -0.05) is 33.8 Å². The Morgan fingerprint density at radius 1 is 1.38 bits per heavy atom. The van der Waals surface area contributed by atoms with Gasteiger partial charge in [0.1, 0.15) is 21.1 Å². The van der Waals surface area contributed by atoms with Crippen LogP contribution < -0.4 is 0 Å². The Morgan fingerprint density at radius 3 is 2.73 bits per heavy atom. The Bertz CT molecular complexity index is 822. The van der Waals surface area contributed by atoms with Crippen LogP contribution in [0.1, 0.15) is 36.7 Å². The third kappa shape index (κ3) is 5.48. The van der Waals surface area contributed by atoms with Gasteiger partial charge in [0.15, 0.2) is 0 Å². The lowest BCUT2D eigenvalue weighted by atomic mass is 10.2. The highest BCUT2D eigenvalue weighted by Crippen LogP contribution is 2.34. The molecule has 0 aliphatic heterocycles. The zero-order valence-corrected chi connectivity index (χ0v) is 17.2. The van der Waals surface area contributed by atoms with Crippen molar-refractivity contribution in [1.82, 2.24) is 4.98 Å². The molecule has 0 N–H and O–H groups in total. The van der Waals surface area contributed by atoms with Gasteiger partial charge >= 0.3 is 5.97 Å². The molecule has 0 bridgehead atoms. The molecule has 0 aliphatic carbocycles. The van der Waals surface area contributed by atoms with Crippen LogP contribution in [0.3, 0.4) is 0 Å². The van der Waals surface area contributed by atoms with Crippen molar-refractivity contribution in [3.63, 3.8) is 0 Å². The number of hydrogen-bond acceptors (Lipinski definition) is 6. The predicted octanol–water partition coefficient (Wildman–Crippen LogP) is 4.55. The molecule has 0 radical (unpaired) electrons. The van der Waals surface area contributed by atoms with E-state index >= 15 is 0 Å². The molecule has 0 aliphatic rings. The summed E-state index contributed by atoms with van der Waals surface area (Å²) in [5.74, 6) is -0.454. The normalized spacial score (nSPS) is 13.0. The molecule has 0 fully saturated rings. The molecule has 2 rings (SSSR count). The van der Waals surface area contributed by atoms with Crippen LogP contribution in [-0.2, 0) is 16.1 Å². The number of ether oxygens (including phenoxy) is 1. The van der Waals surface area contributed by atoms with Crippen LogP contribution in [0.4, 0.5) is 0 Å². The highest BCUT2D eigenvalue weighted by Gasteiger charge is 2.25. The summed E-state index contributed by atoms with van der Waals surface area (Å²) in [6.45, 7) is 5.58. The number of carbonyl (C=O) groups is 1. The maximum atomic E-state index is 12.0. The number of nitrogens with zero attached hydrogens (tertiary/aromatic N) is 2. The lowest BCUT2D eigenvalue weighted by Gasteiger charge is -2.17. The molecule has 0 saturated heterocycles. The highest BCUT2D eigenvalue weighted by molar-refractivity contribution is 7.99. The van der Waals surface area contributed by atoms with Crippen molar-refractivity contribution in [2.45, 2.75) is 35.4 Å². The molecule has 1 aromatic heterocycles. The second-order valence-electron chi connectivity index (χ2n) is 6.24. The van der Waals surface area contributed by atoms with E-state index in [1.807, 2.05) is 32.9 Å². The van der Waals surface area contributed by atoms with Crippen LogP contribution >= 0.6 is 23.4 Å². The summed E-state index contributed by atoms with van der Waals surface area (Å²) in [6.07, 6.45) is 3.15. The van der Waals surface area contributed by atoms with Crippen LogP contribution in [0.2, 0.25) is 5.02 Å². The first kappa shape index (κ1) is 20.8. The topological polar surface area (TPSA) is 74.6 Å². The summed E-state index contributed by atoms with van der Waals surface area (Å²) in [4.78, 5) is 16.8. The van der Waals surface area contributed by atoms with Crippen molar-refractivity contribution in [2.75, 3.05) is 7.11 Å². The van der Waals surface area contributed by atoms with Crippen molar-refractivity contribution in [2.24, 2.45) is 4.40 Å². The van der Waals surface area contributed by atoms with Crippen LogP contribution in [0.25, 0.3) is 0 Å². The first-order chi connectivity index (χ1) is 12.2. The Balaban J connectivity index is 2.21. The first-order valence-electron chi connectivity index (χ1n) is 7.69. The standard InChI is InChI=1S/C18H19ClN2O3S2/c1-18(2,3)26(23)21-11-12-7-8-15(14(19)10-12)25-16-13(17(22)24-4)6-5-9-20-16/h5-11H,1-4H3/b21-11-. The van der Waals surface area contributed by atoms with E-state index in [1.54, 1.807) is 30.6 Å². The van der Waals surface area contributed by atoms with Crippen LogP contribution in [0.5, 0.6) is 0 Å². The number of aromatic nitrogens is 1. The third-order valence-corrected chi connectivity index (χ3v) is 6.02. The Morgan fingerprint density at radius 2 is 2.12 bits per heavy atom. The van der Waals surface area contributed by atoms with Gasteiger partial charge in [-0.15, -0.1) is 0 Å². The molecular formula is C18H19ClN2O3S2. The zero-order chi connectivity index (χ0) is 19.3. The second-order valence-corrected chi connectivity index (χ2v) is 9.61. The molecule has 8 heteroatoms. The molecular weight excluding hydrogens is 392 g/mol. The van der Waals surface area contributed by atoms with E-state index in [0.717, 1.165) is 10.5 Å². The summed E-state index contributed by atoms with van der Waals surface area (Å²) in [7, 11) is 1.33. The van der Waals surface area contributed by atoms with Gasteiger partial charge in [-0.3, -0.25) is 0 Å². The minimum Gasteiger partial charge on any atom is -0.591 e. The van der Waals surface area contributed by atoms with E-state index in [0.29, 0.717) is 15.6 Å². The minimum atomic E-state index is -1.33. The molecule has 138 valence electrons. The number of hydrogen-bond donors (Lipinski definition) is 0. The number of benzene rings is 1. The van der Waals surface area contributed by atoms with E-state index in [1.165, 1.54) is 18.9 Å². The number of esters is 1. The molecule has 2 aromatic rings. The fraction of sp³-hybridized carbons (Fsp3) is 0.278. The minimum absolute atomic E-state index is 0.377. The van der Waals surface area contributed by atoms with Crippen LogP contribution in [0.15, 0.2) is 50.8 Å². The van der Waals surface area contributed by atoms with Gasteiger partial charge in [-0.05, 0) is 50.6 Å². The number of pyridine rings is 1. The van der Waals surface area contributed by atoms with E-state index in [9.17, 15) is 9.35 Å². The van der Waals surface area contributed by atoms with Crippen LogP contribution in [0, 0.1) is 0 Å². The summed E-state index contributed by atoms with van der Waals surface area (Å²) < 4.78 is 20.4. The lowest BCUT2D eigenvalue weighted by Crippen LogP contribution is -2.25. The first-order valence-corrected chi connectivity index (χ1v) is 9.99. The maximum Gasteiger partial charge on any atom is 0.340 e. The summed E-state index contributed by atoms with van der Waals surface area (Å²) in [5.41, 5.74) is 1.12. The van der Waals surface area contributed by atoms with Crippen molar-refractivity contribution in [3.05, 3.63) is 52.7 Å². The molecule has 0 spiro atoms. The Hall–Kier alpha value is -1.54.